The molecule has 2 aromatic rings. The molecule has 2 rings (SSSR count). The van der Waals surface area contributed by atoms with Gasteiger partial charge in [0.25, 0.3) is 0 Å². The Morgan fingerprint density at radius 3 is 2.29 bits per heavy atom. The molecule has 0 aliphatic rings. The molecule has 0 aliphatic carbocycles. The number of alkyl carbamates (subject to hydrolysis) is 1. The molecular formula is C30H43N3O5. The van der Waals surface area contributed by atoms with Crippen LogP contribution in [-0.2, 0) is 20.7 Å². The van der Waals surface area contributed by atoms with E-state index in [1.165, 1.54) is 4.90 Å². The van der Waals surface area contributed by atoms with Gasteiger partial charge in [-0.2, -0.15) is 0 Å². The number of benzene rings is 2. The Morgan fingerprint density at radius 2 is 1.71 bits per heavy atom. The van der Waals surface area contributed by atoms with Gasteiger partial charge in [-0.15, -0.1) is 0 Å². The van der Waals surface area contributed by atoms with Crippen molar-refractivity contribution in [1.82, 2.24) is 15.5 Å². The zero-order valence-electron chi connectivity index (χ0n) is 23.5. The molecule has 38 heavy (non-hydrogen) atoms. The molecule has 8 nitrogen and oxygen atoms in total. The lowest BCUT2D eigenvalue weighted by Gasteiger charge is -2.35. The number of nitrogens with one attached hydrogen (secondary N) is 2. The van der Waals surface area contributed by atoms with Gasteiger partial charge in [0, 0.05) is 19.0 Å². The van der Waals surface area contributed by atoms with Gasteiger partial charge in [-0.25, -0.2) is 4.79 Å². The Hall–Kier alpha value is -3.39. The molecule has 0 heterocycles. The van der Waals surface area contributed by atoms with Crippen LogP contribution >= 0.6 is 0 Å². The number of ether oxygens (including phenoxy) is 1. The molecule has 3 amide bonds. The maximum atomic E-state index is 14.1. The number of aliphatic hydroxyl groups excluding tert-OH is 1. The summed E-state index contributed by atoms with van der Waals surface area (Å²) < 4.78 is 5.43. The van der Waals surface area contributed by atoms with Crippen molar-refractivity contribution in [2.75, 3.05) is 13.2 Å². The second-order valence-corrected chi connectivity index (χ2v) is 10.7. The van der Waals surface area contributed by atoms with Crippen LogP contribution in [0, 0.1) is 6.92 Å². The molecule has 3 atom stereocenters. The summed E-state index contributed by atoms with van der Waals surface area (Å²) in [6.07, 6.45) is 1.14. The molecule has 0 bridgehead atoms. The lowest BCUT2D eigenvalue weighted by atomic mass is 9.98. The zero-order chi connectivity index (χ0) is 28.3. The Labute approximate surface area is 226 Å². The average molecular weight is 526 g/mol. The van der Waals surface area contributed by atoms with E-state index in [0.29, 0.717) is 5.56 Å². The first-order valence-electron chi connectivity index (χ1n) is 13.3. The number of hydrogen-bond acceptors (Lipinski definition) is 5. The van der Waals surface area contributed by atoms with Crippen molar-refractivity contribution in [3.8, 4) is 0 Å². The highest BCUT2D eigenvalue weighted by Crippen LogP contribution is 2.24. The lowest BCUT2D eigenvalue weighted by Crippen LogP contribution is -2.55. The van der Waals surface area contributed by atoms with Crippen molar-refractivity contribution in [1.29, 1.82) is 0 Å². The van der Waals surface area contributed by atoms with Crippen LogP contribution in [0.5, 0.6) is 0 Å². The normalized spacial score (nSPS) is 13.7. The van der Waals surface area contributed by atoms with Crippen LogP contribution in [0.4, 0.5) is 4.79 Å². The molecule has 0 spiro atoms. The Morgan fingerprint density at radius 1 is 1.03 bits per heavy atom. The van der Waals surface area contributed by atoms with E-state index in [9.17, 15) is 19.5 Å². The summed E-state index contributed by atoms with van der Waals surface area (Å²) in [5.74, 6) is -0.826. The van der Waals surface area contributed by atoms with Crippen molar-refractivity contribution in [2.45, 2.75) is 84.5 Å². The summed E-state index contributed by atoms with van der Waals surface area (Å²) in [5.41, 5.74) is 1.64. The number of aryl methyl sites for hydroxylation is 1. The Bertz CT molecular complexity index is 1050. The largest absolute Gasteiger partial charge is 0.444 e. The standard InChI is InChI=1S/C30H43N3O5/c1-7-12-22(3)31-27(35)26(24-16-11-13-21(2)19-24)33(17-18-34)28(36)25(20-23-14-9-8-10-15-23)32-29(37)38-30(4,5)6/h8-11,13-16,19,22,25-26,34H,7,12,17-18,20H2,1-6H3,(H,31,35)(H,32,37). The predicted molar refractivity (Wildman–Crippen MR) is 149 cm³/mol. The third-order valence-corrected chi connectivity index (χ3v) is 5.92. The van der Waals surface area contributed by atoms with E-state index in [0.717, 1.165) is 24.0 Å². The highest BCUT2D eigenvalue weighted by Gasteiger charge is 2.36. The first kappa shape index (κ1) is 30.8. The maximum absolute atomic E-state index is 14.1. The molecule has 2 aromatic carbocycles. The number of carbonyl (C=O) groups excluding carboxylic acids is 3. The van der Waals surface area contributed by atoms with Crippen molar-refractivity contribution >= 4 is 17.9 Å². The monoisotopic (exact) mass is 525 g/mol. The number of rotatable bonds is 12. The van der Waals surface area contributed by atoms with E-state index in [-0.39, 0.29) is 31.5 Å². The van der Waals surface area contributed by atoms with Gasteiger partial charge in [0.1, 0.15) is 17.7 Å². The lowest BCUT2D eigenvalue weighted by molar-refractivity contribution is -0.143. The summed E-state index contributed by atoms with van der Waals surface area (Å²) in [6.45, 7) is 10.7. The van der Waals surface area contributed by atoms with E-state index in [1.807, 2.05) is 69.3 Å². The topological polar surface area (TPSA) is 108 Å². The van der Waals surface area contributed by atoms with Crippen LogP contribution < -0.4 is 10.6 Å². The second-order valence-electron chi connectivity index (χ2n) is 10.7. The van der Waals surface area contributed by atoms with Gasteiger partial charge in [0.15, 0.2) is 0 Å². The third kappa shape index (κ3) is 9.82. The highest BCUT2D eigenvalue weighted by atomic mass is 16.6. The molecule has 0 radical (unpaired) electrons. The molecule has 0 saturated heterocycles. The molecule has 3 N–H and O–H groups in total. The van der Waals surface area contributed by atoms with Crippen LogP contribution in [0.15, 0.2) is 54.6 Å². The average Bonchev–Trinajstić information content (AvgIpc) is 2.82. The zero-order valence-corrected chi connectivity index (χ0v) is 23.5. The van der Waals surface area contributed by atoms with E-state index in [1.54, 1.807) is 26.8 Å². The minimum Gasteiger partial charge on any atom is -0.444 e. The molecule has 0 aromatic heterocycles. The quantitative estimate of drug-likeness (QED) is 0.383. The van der Waals surface area contributed by atoms with Gasteiger partial charge < -0.3 is 25.4 Å². The van der Waals surface area contributed by atoms with Gasteiger partial charge in [-0.1, -0.05) is 73.5 Å². The van der Waals surface area contributed by atoms with E-state index >= 15 is 0 Å². The van der Waals surface area contributed by atoms with Crippen molar-refractivity contribution in [3.05, 3.63) is 71.3 Å². The van der Waals surface area contributed by atoms with Crippen LogP contribution in [0.2, 0.25) is 0 Å². The summed E-state index contributed by atoms with van der Waals surface area (Å²) in [6, 6.07) is 14.6. The van der Waals surface area contributed by atoms with Gasteiger partial charge in [0.05, 0.1) is 6.61 Å². The first-order chi connectivity index (χ1) is 17.9. The van der Waals surface area contributed by atoms with Crippen LogP contribution in [-0.4, -0.2) is 58.8 Å². The number of nitrogens with zero attached hydrogens (tertiary/aromatic N) is 1. The molecule has 0 saturated carbocycles. The first-order valence-corrected chi connectivity index (χ1v) is 13.3. The predicted octanol–water partition coefficient (Wildman–Crippen LogP) is 4.30. The van der Waals surface area contributed by atoms with E-state index in [2.05, 4.69) is 10.6 Å². The fourth-order valence-corrected chi connectivity index (χ4v) is 4.31. The Kier molecular flexibility index (Phi) is 11.8. The van der Waals surface area contributed by atoms with E-state index < -0.39 is 29.7 Å². The number of hydrogen-bond donors (Lipinski definition) is 3. The van der Waals surface area contributed by atoms with Crippen molar-refractivity contribution in [2.24, 2.45) is 0 Å². The van der Waals surface area contributed by atoms with Gasteiger partial charge in [-0.3, -0.25) is 9.59 Å². The highest BCUT2D eigenvalue weighted by molar-refractivity contribution is 5.92. The van der Waals surface area contributed by atoms with Gasteiger partial charge in [-0.05, 0) is 52.2 Å². The van der Waals surface area contributed by atoms with Crippen LogP contribution in [0.1, 0.15) is 70.2 Å². The van der Waals surface area contributed by atoms with Gasteiger partial charge in [0.2, 0.25) is 11.8 Å². The van der Waals surface area contributed by atoms with Crippen LogP contribution in [0.25, 0.3) is 0 Å². The smallest absolute Gasteiger partial charge is 0.408 e. The minimum absolute atomic E-state index is 0.0890. The molecular weight excluding hydrogens is 482 g/mol. The molecule has 8 heteroatoms. The summed E-state index contributed by atoms with van der Waals surface area (Å²) in [5, 5.41) is 15.7. The molecule has 0 aliphatic heterocycles. The molecule has 3 unspecified atom stereocenters. The fourth-order valence-electron chi connectivity index (χ4n) is 4.31. The van der Waals surface area contributed by atoms with Gasteiger partial charge >= 0.3 is 6.09 Å². The number of aliphatic hydroxyl groups is 1. The van der Waals surface area contributed by atoms with Crippen molar-refractivity contribution in [3.63, 3.8) is 0 Å². The summed E-state index contributed by atoms with van der Waals surface area (Å²) >= 11 is 0. The van der Waals surface area contributed by atoms with Crippen molar-refractivity contribution < 1.29 is 24.2 Å². The summed E-state index contributed by atoms with van der Waals surface area (Å²) in [7, 11) is 0. The molecule has 208 valence electrons. The van der Waals surface area contributed by atoms with E-state index in [4.69, 9.17) is 4.74 Å². The number of carbonyl (C=O) groups is 3. The van der Waals surface area contributed by atoms with Crippen LogP contribution in [0.3, 0.4) is 0 Å². The SMILES string of the molecule is CCCC(C)NC(=O)C(c1cccc(C)c1)N(CCO)C(=O)C(Cc1ccccc1)NC(=O)OC(C)(C)C. The second kappa shape index (κ2) is 14.5. The maximum Gasteiger partial charge on any atom is 0.408 e. The third-order valence-electron chi connectivity index (χ3n) is 5.92. The minimum atomic E-state index is -1.02. The fraction of sp³-hybridized carbons (Fsp3) is 0.500. The number of amides is 3. The summed E-state index contributed by atoms with van der Waals surface area (Å²) in [4.78, 5) is 41.9. The Balaban J connectivity index is 2.50. The molecule has 0 fully saturated rings.